The molecule has 1 aromatic rings. The molecule has 0 fully saturated rings. The van der Waals surface area contributed by atoms with Gasteiger partial charge in [0.1, 0.15) is 0 Å². The summed E-state index contributed by atoms with van der Waals surface area (Å²) in [5, 5.41) is 14.4. The molecule has 0 heterocycles. The Kier molecular flexibility index (Phi) is 3.79. The van der Waals surface area contributed by atoms with Crippen LogP contribution in [-0.4, -0.2) is 16.1 Å². The highest BCUT2D eigenvalue weighted by Crippen LogP contribution is 2.03. The van der Waals surface area contributed by atoms with Crippen LogP contribution in [0.4, 0.5) is 0 Å². The molecule has 0 unspecified atom stereocenters. The minimum Gasteiger partial charge on any atom is -0.368 e. The van der Waals surface area contributed by atoms with Crippen LogP contribution in [0.1, 0.15) is 5.56 Å². The third-order valence-electron chi connectivity index (χ3n) is 1.61. The van der Waals surface area contributed by atoms with Crippen LogP contribution in [0.2, 0.25) is 0 Å². The van der Waals surface area contributed by atoms with E-state index in [1.165, 1.54) is 5.01 Å². The van der Waals surface area contributed by atoms with E-state index < -0.39 is 0 Å². The molecule has 0 bridgehead atoms. The van der Waals surface area contributed by atoms with Crippen molar-refractivity contribution in [3.8, 4) is 0 Å². The molecule has 0 aromatic heterocycles. The average Bonchev–Trinajstić information content (AvgIpc) is 2.18. The minimum atomic E-state index is -0.147. The molecule has 3 N–H and O–H groups in total. The molecule has 0 saturated carbocycles. The Balaban J connectivity index is 2.75. The van der Waals surface area contributed by atoms with Crippen molar-refractivity contribution in [2.45, 2.75) is 6.54 Å². The van der Waals surface area contributed by atoms with Crippen LogP contribution in [0.3, 0.4) is 0 Å². The van der Waals surface area contributed by atoms with Gasteiger partial charge in [-0.05, 0) is 17.8 Å². The molecule has 0 radical (unpaired) electrons. The van der Waals surface area contributed by atoms with Crippen molar-refractivity contribution < 1.29 is 0 Å². The van der Waals surface area contributed by atoms with Crippen molar-refractivity contribution in [2.75, 3.05) is 0 Å². The van der Waals surface area contributed by atoms with E-state index in [-0.39, 0.29) is 5.96 Å². The van der Waals surface area contributed by atoms with Gasteiger partial charge in [0.15, 0.2) is 0 Å². The second kappa shape index (κ2) is 5.11. The van der Waals surface area contributed by atoms with Crippen molar-refractivity contribution in [3.63, 3.8) is 0 Å². The van der Waals surface area contributed by atoms with Gasteiger partial charge in [0, 0.05) is 0 Å². The molecule has 0 atom stereocenters. The first-order valence-electron chi connectivity index (χ1n) is 3.97. The third kappa shape index (κ3) is 2.97. The number of benzene rings is 1. The van der Waals surface area contributed by atoms with E-state index in [1.807, 2.05) is 30.3 Å². The van der Waals surface area contributed by atoms with E-state index in [4.69, 9.17) is 11.1 Å². The zero-order valence-electron chi connectivity index (χ0n) is 7.47. The number of nitrogens with zero attached hydrogens (tertiary/aromatic N) is 2. The first-order valence-corrected chi connectivity index (χ1v) is 4.38. The summed E-state index contributed by atoms with van der Waals surface area (Å²) in [5.41, 5.74) is 6.31. The summed E-state index contributed by atoms with van der Waals surface area (Å²) in [5.74, 6) is -0.147. The average molecular weight is 206 g/mol. The predicted octanol–water partition coefficient (Wildman–Crippen LogP) is 1.40. The molecular formula is C9H10N4S. The fourth-order valence-corrected chi connectivity index (χ4v) is 1.08. The maximum absolute atomic E-state index is 7.23. The standard InChI is InChI=1S/C9H10N4S/c10-9(11)13(12-7-14)6-8-4-2-1-3-5-8/h1-5H,6H2,(H3,10,11). The lowest BCUT2D eigenvalue weighted by Gasteiger charge is -2.14. The molecule has 1 aromatic carbocycles. The highest BCUT2D eigenvalue weighted by atomic mass is 32.1. The van der Waals surface area contributed by atoms with Gasteiger partial charge in [0.05, 0.1) is 11.7 Å². The molecule has 0 spiro atoms. The maximum Gasteiger partial charge on any atom is 0.210 e. The van der Waals surface area contributed by atoms with Crippen LogP contribution in [0.5, 0.6) is 0 Å². The zero-order chi connectivity index (χ0) is 10.4. The van der Waals surface area contributed by atoms with Gasteiger partial charge in [0.2, 0.25) is 5.96 Å². The molecule has 0 amide bonds. The van der Waals surface area contributed by atoms with Gasteiger partial charge in [-0.1, -0.05) is 30.3 Å². The number of hydrogen-bond acceptors (Lipinski definition) is 3. The smallest absolute Gasteiger partial charge is 0.210 e. The largest absolute Gasteiger partial charge is 0.368 e. The van der Waals surface area contributed by atoms with Gasteiger partial charge >= 0.3 is 0 Å². The number of nitrogens with one attached hydrogen (secondary N) is 1. The van der Waals surface area contributed by atoms with Crippen molar-refractivity contribution in [3.05, 3.63) is 35.9 Å². The molecule has 0 aliphatic heterocycles. The van der Waals surface area contributed by atoms with Gasteiger partial charge in [0.25, 0.3) is 0 Å². The van der Waals surface area contributed by atoms with E-state index in [1.54, 1.807) is 0 Å². The van der Waals surface area contributed by atoms with Crippen molar-refractivity contribution in [1.82, 2.24) is 5.01 Å². The Morgan fingerprint density at radius 3 is 2.64 bits per heavy atom. The SMILES string of the molecule is N=C(N)N(Cc1ccccc1)N=C=S. The number of isothiocyanates is 1. The van der Waals surface area contributed by atoms with E-state index in [2.05, 4.69) is 22.5 Å². The number of hydrogen-bond donors (Lipinski definition) is 2. The molecule has 14 heavy (non-hydrogen) atoms. The third-order valence-corrected chi connectivity index (χ3v) is 1.70. The summed E-state index contributed by atoms with van der Waals surface area (Å²) in [4.78, 5) is 0. The molecule has 72 valence electrons. The molecular weight excluding hydrogens is 196 g/mol. The summed E-state index contributed by atoms with van der Waals surface area (Å²) < 4.78 is 0. The zero-order valence-corrected chi connectivity index (χ0v) is 8.29. The summed E-state index contributed by atoms with van der Waals surface area (Å²) in [6.07, 6.45) is 0. The Labute approximate surface area is 87.5 Å². The van der Waals surface area contributed by atoms with Gasteiger partial charge in [-0.2, -0.15) is 0 Å². The van der Waals surface area contributed by atoms with E-state index in [9.17, 15) is 0 Å². The first kappa shape index (κ1) is 10.4. The summed E-state index contributed by atoms with van der Waals surface area (Å²) in [6.45, 7) is 0.430. The molecule has 0 aliphatic rings. The number of rotatable bonds is 3. The van der Waals surface area contributed by atoms with Crippen molar-refractivity contribution >= 4 is 23.3 Å². The van der Waals surface area contributed by atoms with Gasteiger partial charge in [-0.3, -0.25) is 5.41 Å². The van der Waals surface area contributed by atoms with Crippen LogP contribution in [-0.2, 0) is 6.54 Å². The highest BCUT2D eigenvalue weighted by Gasteiger charge is 2.04. The number of nitrogens with two attached hydrogens (primary N) is 1. The number of guanidine groups is 1. The molecule has 5 heteroatoms. The van der Waals surface area contributed by atoms with Crippen LogP contribution in [0.25, 0.3) is 0 Å². The quantitative estimate of drug-likeness (QED) is 0.340. The van der Waals surface area contributed by atoms with Crippen LogP contribution < -0.4 is 5.73 Å². The molecule has 4 nitrogen and oxygen atoms in total. The van der Waals surface area contributed by atoms with Gasteiger partial charge in [-0.15, -0.1) is 5.10 Å². The lowest BCUT2D eigenvalue weighted by atomic mass is 10.2. The Hall–Kier alpha value is -1.71. The Morgan fingerprint density at radius 1 is 1.50 bits per heavy atom. The lowest BCUT2D eigenvalue weighted by Crippen LogP contribution is -2.31. The number of thiocarbonyl (C=S) groups is 1. The summed E-state index contributed by atoms with van der Waals surface area (Å²) in [7, 11) is 0. The molecule has 0 aliphatic carbocycles. The fourth-order valence-electron chi connectivity index (χ4n) is 0.980. The highest BCUT2D eigenvalue weighted by molar-refractivity contribution is 7.78. The molecule has 0 saturated heterocycles. The number of hydrazone groups is 1. The Bertz CT molecular complexity index is 354. The van der Waals surface area contributed by atoms with Crippen LogP contribution in [0, 0.1) is 5.41 Å². The van der Waals surface area contributed by atoms with Crippen molar-refractivity contribution in [2.24, 2.45) is 10.8 Å². The second-order valence-electron chi connectivity index (χ2n) is 2.62. The van der Waals surface area contributed by atoms with Crippen LogP contribution in [0.15, 0.2) is 35.4 Å². The minimum absolute atomic E-state index is 0.147. The fraction of sp³-hybridized carbons (Fsp3) is 0.111. The topological polar surface area (TPSA) is 65.5 Å². The lowest BCUT2D eigenvalue weighted by molar-refractivity contribution is 0.434. The predicted molar refractivity (Wildman–Crippen MR) is 58.9 cm³/mol. The second-order valence-corrected chi connectivity index (χ2v) is 2.80. The Morgan fingerprint density at radius 2 is 2.14 bits per heavy atom. The van der Waals surface area contributed by atoms with Crippen molar-refractivity contribution in [1.29, 1.82) is 5.41 Å². The molecule has 1 rings (SSSR count). The van der Waals surface area contributed by atoms with E-state index >= 15 is 0 Å². The van der Waals surface area contributed by atoms with Gasteiger partial charge in [-0.25, -0.2) is 5.01 Å². The van der Waals surface area contributed by atoms with E-state index in [0.717, 1.165) is 5.56 Å². The summed E-state index contributed by atoms with van der Waals surface area (Å²) >= 11 is 4.45. The normalized spacial score (nSPS) is 8.86. The first-order chi connectivity index (χ1) is 6.74. The van der Waals surface area contributed by atoms with Gasteiger partial charge < -0.3 is 5.73 Å². The maximum atomic E-state index is 7.23. The summed E-state index contributed by atoms with van der Waals surface area (Å²) in [6, 6.07) is 9.59. The van der Waals surface area contributed by atoms with Crippen LogP contribution >= 0.6 is 12.2 Å². The monoisotopic (exact) mass is 206 g/mol. The van der Waals surface area contributed by atoms with E-state index in [0.29, 0.717) is 6.54 Å².